The van der Waals surface area contributed by atoms with Crippen molar-refractivity contribution >= 4 is 23.4 Å². The summed E-state index contributed by atoms with van der Waals surface area (Å²) in [6.07, 6.45) is 1.11. The molecule has 0 radical (unpaired) electrons. The number of halogens is 2. The van der Waals surface area contributed by atoms with Crippen molar-refractivity contribution in [2.45, 2.75) is 29.7 Å². The molecule has 0 saturated heterocycles. The molecule has 2 aromatic carbocycles. The second-order valence-corrected chi connectivity index (χ2v) is 5.97. The Bertz CT molecular complexity index is 574. The second kappa shape index (κ2) is 7.67. The number of hydrogen-bond acceptors (Lipinski definition) is 2. The lowest BCUT2D eigenvalue weighted by Gasteiger charge is -2.08. The van der Waals surface area contributed by atoms with Crippen LogP contribution in [-0.2, 0) is 6.54 Å². The second-order valence-electron chi connectivity index (χ2n) is 4.47. The number of hydrogen-bond donors (Lipinski definition) is 1. The predicted molar refractivity (Wildman–Crippen MR) is 84.0 cm³/mol. The molecule has 0 amide bonds. The lowest BCUT2D eigenvalue weighted by atomic mass is 10.2. The minimum Gasteiger partial charge on any atom is -0.313 e. The van der Waals surface area contributed by atoms with Crippen LogP contribution < -0.4 is 5.32 Å². The normalized spacial score (nSPS) is 10.8. The molecular weight excluding hydrogens is 293 g/mol. The van der Waals surface area contributed by atoms with Crippen LogP contribution in [0.15, 0.2) is 52.3 Å². The van der Waals surface area contributed by atoms with Crippen LogP contribution in [0.2, 0.25) is 5.02 Å². The SMILES string of the molecule is CCCNCc1ccc(Sc2ccccc2F)c(Cl)c1. The van der Waals surface area contributed by atoms with Crippen molar-refractivity contribution in [1.29, 1.82) is 0 Å². The molecule has 0 aliphatic carbocycles. The Hall–Kier alpha value is -1.03. The van der Waals surface area contributed by atoms with Crippen LogP contribution in [0.4, 0.5) is 4.39 Å². The molecule has 1 N–H and O–H groups in total. The highest BCUT2D eigenvalue weighted by atomic mass is 35.5. The summed E-state index contributed by atoms with van der Waals surface area (Å²) in [5.41, 5.74) is 1.14. The molecule has 0 heterocycles. The van der Waals surface area contributed by atoms with E-state index in [1.54, 1.807) is 12.1 Å². The van der Waals surface area contributed by atoms with E-state index in [-0.39, 0.29) is 5.82 Å². The molecule has 1 nitrogen and oxygen atoms in total. The Kier molecular flexibility index (Phi) is 5.89. The van der Waals surface area contributed by atoms with Crippen LogP contribution in [0.25, 0.3) is 0 Å². The Balaban J connectivity index is 2.08. The van der Waals surface area contributed by atoms with Gasteiger partial charge in [-0.3, -0.25) is 0 Å². The van der Waals surface area contributed by atoms with E-state index in [4.69, 9.17) is 11.6 Å². The molecule has 0 aliphatic heterocycles. The average molecular weight is 310 g/mol. The summed E-state index contributed by atoms with van der Waals surface area (Å²) >= 11 is 7.62. The minimum absolute atomic E-state index is 0.220. The van der Waals surface area contributed by atoms with Crippen molar-refractivity contribution in [2.24, 2.45) is 0 Å². The maximum atomic E-state index is 13.6. The molecule has 0 bridgehead atoms. The fourth-order valence-corrected chi connectivity index (χ4v) is 2.95. The third-order valence-corrected chi connectivity index (χ3v) is 4.36. The average Bonchev–Trinajstić information content (AvgIpc) is 2.44. The van der Waals surface area contributed by atoms with Crippen molar-refractivity contribution < 1.29 is 4.39 Å². The number of nitrogens with one attached hydrogen (secondary N) is 1. The van der Waals surface area contributed by atoms with Crippen molar-refractivity contribution in [3.8, 4) is 0 Å². The maximum absolute atomic E-state index is 13.6. The standard InChI is InChI=1S/C16H17ClFNS/c1-2-9-19-11-12-7-8-15(13(17)10-12)20-16-6-4-3-5-14(16)18/h3-8,10,19H,2,9,11H2,1H3. The lowest BCUT2D eigenvalue weighted by Crippen LogP contribution is -2.13. The third-order valence-electron chi connectivity index (χ3n) is 2.81. The molecular formula is C16H17ClFNS. The molecule has 20 heavy (non-hydrogen) atoms. The lowest BCUT2D eigenvalue weighted by molar-refractivity contribution is 0.602. The van der Waals surface area contributed by atoms with E-state index >= 15 is 0 Å². The van der Waals surface area contributed by atoms with E-state index in [1.807, 2.05) is 24.3 Å². The summed E-state index contributed by atoms with van der Waals surface area (Å²) in [6, 6.07) is 12.6. The number of benzene rings is 2. The highest BCUT2D eigenvalue weighted by Crippen LogP contribution is 2.35. The van der Waals surface area contributed by atoms with Crippen LogP contribution in [0.3, 0.4) is 0 Å². The molecule has 0 spiro atoms. The first-order valence-corrected chi connectivity index (χ1v) is 7.81. The molecule has 106 valence electrons. The van der Waals surface area contributed by atoms with Gasteiger partial charge in [0.25, 0.3) is 0 Å². The molecule has 4 heteroatoms. The fourth-order valence-electron chi connectivity index (χ4n) is 1.79. The first-order chi connectivity index (χ1) is 9.70. The van der Waals surface area contributed by atoms with Crippen LogP contribution in [0.1, 0.15) is 18.9 Å². The first kappa shape index (κ1) is 15.4. The van der Waals surface area contributed by atoms with Crippen LogP contribution in [0.5, 0.6) is 0 Å². The van der Waals surface area contributed by atoms with Crippen LogP contribution >= 0.6 is 23.4 Å². The molecule has 0 unspecified atom stereocenters. The predicted octanol–water partition coefficient (Wildman–Crippen LogP) is 5.13. The molecule has 0 atom stereocenters. The molecule has 0 aromatic heterocycles. The van der Waals surface area contributed by atoms with Gasteiger partial charge < -0.3 is 5.32 Å². The van der Waals surface area contributed by atoms with Crippen LogP contribution in [0, 0.1) is 5.82 Å². The van der Waals surface area contributed by atoms with Crippen molar-refractivity contribution in [2.75, 3.05) is 6.54 Å². The van der Waals surface area contributed by atoms with Gasteiger partial charge in [0.05, 0.1) is 5.02 Å². The van der Waals surface area contributed by atoms with Gasteiger partial charge in [-0.1, -0.05) is 48.5 Å². The van der Waals surface area contributed by atoms with Gasteiger partial charge >= 0.3 is 0 Å². The smallest absolute Gasteiger partial charge is 0.137 e. The van der Waals surface area contributed by atoms with Gasteiger partial charge in [0.15, 0.2) is 0 Å². The van der Waals surface area contributed by atoms with E-state index in [9.17, 15) is 4.39 Å². The van der Waals surface area contributed by atoms with Gasteiger partial charge in [0, 0.05) is 16.3 Å². The van der Waals surface area contributed by atoms with E-state index in [1.165, 1.54) is 17.8 Å². The zero-order valence-corrected chi connectivity index (χ0v) is 12.9. The van der Waals surface area contributed by atoms with Crippen molar-refractivity contribution in [3.63, 3.8) is 0 Å². The van der Waals surface area contributed by atoms with E-state index in [0.717, 1.165) is 30.0 Å². The first-order valence-electron chi connectivity index (χ1n) is 6.62. The summed E-state index contributed by atoms with van der Waals surface area (Å²) < 4.78 is 13.6. The largest absolute Gasteiger partial charge is 0.313 e. The molecule has 2 rings (SSSR count). The molecule has 0 saturated carbocycles. The molecule has 0 fully saturated rings. The van der Waals surface area contributed by atoms with Gasteiger partial charge in [-0.25, -0.2) is 4.39 Å². The minimum atomic E-state index is -0.220. The van der Waals surface area contributed by atoms with Gasteiger partial charge in [-0.2, -0.15) is 0 Å². The monoisotopic (exact) mass is 309 g/mol. The van der Waals surface area contributed by atoms with Gasteiger partial charge in [-0.15, -0.1) is 0 Å². The maximum Gasteiger partial charge on any atom is 0.137 e. The van der Waals surface area contributed by atoms with Crippen molar-refractivity contribution in [3.05, 3.63) is 58.9 Å². The quantitative estimate of drug-likeness (QED) is 0.742. The Labute approximate surface area is 128 Å². The Morgan fingerprint density at radius 1 is 1.15 bits per heavy atom. The van der Waals surface area contributed by atoms with E-state index < -0.39 is 0 Å². The van der Waals surface area contributed by atoms with Gasteiger partial charge in [-0.05, 0) is 42.8 Å². The van der Waals surface area contributed by atoms with Crippen LogP contribution in [-0.4, -0.2) is 6.54 Å². The summed E-state index contributed by atoms with van der Waals surface area (Å²) in [7, 11) is 0. The van der Waals surface area contributed by atoms with E-state index in [2.05, 4.69) is 12.2 Å². The van der Waals surface area contributed by atoms with E-state index in [0.29, 0.717) is 9.92 Å². The highest BCUT2D eigenvalue weighted by molar-refractivity contribution is 7.99. The zero-order chi connectivity index (χ0) is 14.4. The number of rotatable bonds is 6. The fraction of sp³-hybridized carbons (Fsp3) is 0.250. The summed E-state index contributed by atoms with van der Waals surface area (Å²) in [5, 5.41) is 3.99. The van der Waals surface area contributed by atoms with Gasteiger partial charge in [0.1, 0.15) is 5.82 Å². The Morgan fingerprint density at radius 3 is 2.65 bits per heavy atom. The summed E-state index contributed by atoms with van der Waals surface area (Å²) in [4.78, 5) is 1.46. The molecule has 0 aliphatic rings. The molecule has 2 aromatic rings. The van der Waals surface area contributed by atoms with Crippen molar-refractivity contribution in [1.82, 2.24) is 5.32 Å². The third kappa shape index (κ3) is 4.23. The Morgan fingerprint density at radius 2 is 1.95 bits per heavy atom. The summed E-state index contributed by atoms with van der Waals surface area (Å²) in [6.45, 7) is 3.93. The summed E-state index contributed by atoms with van der Waals surface area (Å²) in [5.74, 6) is -0.220. The zero-order valence-electron chi connectivity index (χ0n) is 11.3. The van der Waals surface area contributed by atoms with Gasteiger partial charge in [0.2, 0.25) is 0 Å². The highest BCUT2D eigenvalue weighted by Gasteiger charge is 2.07. The topological polar surface area (TPSA) is 12.0 Å².